The Bertz CT molecular complexity index is 2050. The molecule has 0 spiro atoms. The summed E-state index contributed by atoms with van der Waals surface area (Å²) in [7, 11) is -3.71. The predicted molar refractivity (Wildman–Crippen MR) is 218 cm³/mol. The first-order valence-electron chi connectivity index (χ1n) is 18.8. The van der Waals surface area contributed by atoms with Crippen LogP contribution >= 0.6 is 0 Å². The summed E-state index contributed by atoms with van der Waals surface area (Å²) < 4.78 is 28.1. The fourth-order valence-corrected chi connectivity index (χ4v) is 10.3. The molecule has 4 aromatic carbocycles. The third kappa shape index (κ3) is 6.96. The van der Waals surface area contributed by atoms with Gasteiger partial charge in [-0.3, -0.25) is 0 Å². The monoisotopic (exact) mass is 698 g/mol. The van der Waals surface area contributed by atoms with E-state index >= 15 is 0 Å². The van der Waals surface area contributed by atoms with Crippen molar-refractivity contribution in [3.05, 3.63) is 128 Å². The van der Waals surface area contributed by atoms with Crippen molar-refractivity contribution in [3.8, 4) is 0 Å². The van der Waals surface area contributed by atoms with Gasteiger partial charge in [-0.05, 0) is 154 Å². The Morgan fingerprint density at radius 1 is 0.490 bits per heavy atom. The van der Waals surface area contributed by atoms with Crippen LogP contribution in [-0.2, 0) is 31.5 Å². The molecular weight excluding hydrogens is 641 g/mol. The molecule has 0 amide bonds. The van der Waals surface area contributed by atoms with Gasteiger partial charge in [0.1, 0.15) is 0 Å². The molecule has 0 N–H and O–H groups in total. The van der Waals surface area contributed by atoms with Gasteiger partial charge in [0.05, 0.1) is 9.79 Å². The van der Waals surface area contributed by atoms with E-state index in [4.69, 9.17) is 0 Å². The highest BCUT2D eigenvalue weighted by atomic mass is 32.2. The second kappa shape index (κ2) is 12.8. The van der Waals surface area contributed by atoms with Crippen molar-refractivity contribution in [1.29, 1.82) is 0 Å². The summed E-state index contributed by atoms with van der Waals surface area (Å²) in [6, 6.07) is 25.3. The minimum absolute atomic E-state index is 0.149. The highest BCUT2D eigenvalue weighted by molar-refractivity contribution is 7.91. The van der Waals surface area contributed by atoms with E-state index in [2.05, 4.69) is 118 Å². The Hall–Kier alpha value is -3.69. The molecular formula is C48H58O2S. The van der Waals surface area contributed by atoms with Crippen molar-refractivity contribution in [2.24, 2.45) is 0 Å². The van der Waals surface area contributed by atoms with Crippen LogP contribution in [0.4, 0.5) is 0 Å². The van der Waals surface area contributed by atoms with Crippen LogP contribution < -0.4 is 0 Å². The Morgan fingerprint density at radius 3 is 1.16 bits per heavy atom. The quantitative estimate of drug-likeness (QED) is 0.188. The standard InChI is InChI=1S/C48H58O2S/c1-31(37-15-17-39-41(29-37)47(9,10)23-21-45(39,5)6)25-35-13-19-43(33(3)27-35)51(49,50)44-20-14-36(28-34(44)4)26-32(2)38-16-18-40-42(30-38)48(11,12)24-22-46(40,7)8/h13-20,25-30H,21-24H2,1-12H3. The molecule has 6 rings (SSSR count). The number of sulfone groups is 1. The number of rotatable bonds is 6. The van der Waals surface area contributed by atoms with Gasteiger partial charge >= 0.3 is 0 Å². The van der Waals surface area contributed by atoms with Gasteiger partial charge in [-0.2, -0.15) is 0 Å². The summed E-state index contributed by atoms with van der Waals surface area (Å²) in [6.07, 6.45) is 9.10. The molecule has 3 heteroatoms. The average molecular weight is 699 g/mol. The van der Waals surface area contributed by atoms with Gasteiger partial charge in [0.2, 0.25) is 9.84 Å². The van der Waals surface area contributed by atoms with Crippen molar-refractivity contribution < 1.29 is 8.42 Å². The molecule has 2 aliphatic rings. The smallest absolute Gasteiger partial charge is 0.207 e. The molecule has 0 bridgehead atoms. The van der Waals surface area contributed by atoms with Gasteiger partial charge in [-0.1, -0.05) is 128 Å². The third-order valence-corrected chi connectivity index (χ3v) is 14.4. The van der Waals surface area contributed by atoms with E-state index in [9.17, 15) is 8.42 Å². The highest BCUT2D eigenvalue weighted by Crippen LogP contribution is 2.48. The lowest BCUT2D eigenvalue weighted by atomic mass is 9.63. The SMILES string of the molecule is CC(=Cc1ccc(S(=O)(=O)c2ccc(C=C(C)c3ccc4c(c3)C(C)(C)CCC4(C)C)cc2C)c(C)c1)c1ccc2c(c1)C(C)(C)CCC2(C)C. The Balaban J connectivity index is 1.25. The third-order valence-electron chi connectivity index (χ3n) is 12.4. The molecule has 51 heavy (non-hydrogen) atoms. The molecule has 0 unspecified atom stereocenters. The van der Waals surface area contributed by atoms with Gasteiger partial charge in [0, 0.05) is 0 Å². The summed E-state index contributed by atoms with van der Waals surface area (Å²) >= 11 is 0. The molecule has 0 fully saturated rings. The topological polar surface area (TPSA) is 34.1 Å². The summed E-state index contributed by atoms with van der Waals surface area (Å²) in [4.78, 5) is 0.717. The summed E-state index contributed by atoms with van der Waals surface area (Å²) in [5.74, 6) is 0. The van der Waals surface area contributed by atoms with E-state index in [1.807, 2.05) is 38.1 Å². The molecule has 2 nitrogen and oxygen atoms in total. The van der Waals surface area contributed by atoms with Crippen LogP contribution in [-0.4, -0.2) is 8.42 Å². The molecule has 0 saturated carbocycles. The highest BCUT2D eigenvalue weighted by Gasteiger charge is 2.38. The maximum Gasteiger partial charge on any atom is 0.207 e. The molecule has 0 saturated heterocycles. The number of hydrogen-bond donors (Lipinski definition) is 0. The summed E-state index contributed by atoms with van der Waals surface area (Å²) in [5, 5.41) is 0. The largest absolute Gasteiger partial charge is 0.218 e. The number of fused-ring (bicyclic) bond motifs is 2. The first-order valence-corrected chi connectivity index (χ1v) is 20.2. The van der Waals surface area contributed by atoms with Crippen molar-refractivity contribution in [2.45, 2.75) is 140 Å². The van der Waals surface area contributed by atoms with Crippen LogP contribution in [0.1, 0.15) is 151 Å². The average Bonchev–Trinajstić information content (AvgIpc) is 3.05. The first kappa shape index (κ1) is 37.1. The summed E-state index contributed by atoms with van der Waals surface area (Å²) in [5.41, 5.74) is 14.8. The zero-order chi connectivity index (χ0) is 37.3. The lowest BCUT2D eigenvalue weighted by molar-refractivity contribution is 0.332. The summed E-state index contributed by atoms with van der Waals surface area (Å²) in [6.45, 7) is 27.0. The van der Waals surface area contributed by atoms with Gasteiger partial charge < -0.3 is 0 Å². The lowest BCUT2D eigenvalue weighted by Crippen LogP contribution is -2.33. The van der Waals surface area contributed by atoms with Crippen molar-refractivity contribution in [1.82, 2.24) is 0 Å². The second-order valence-electron chi connectivity index (χ2n) is 18.3. The zero-order valence-electron chi connectivity index (χ0n) is 33.1. The number of allylic oxidation sites excluding steroid dienone is 2. The van der Waals surface area contributed by atoms with Crippen LogP contribution in [0.5, 0.6) is 0 Å². The Morgan fingerprint density at radius 2 is 0.824 bits per heavy atom. The van der Waals surface area contributed by atoms with E-state index in [0.717, 1.165) is 22.3 Å². The fourth-order valence-electron chi connectivity index (χ4n) is 8.58. The van der Waals surface area contributed by atoms with Crippen molar-refractivity contribution in [2.75, 3.05) is 0 Å². The first-order chi connectivity index (χ1) is 23.6. The minimum Gasteiger partial charge on any atom is -0.218 e. The second-order valence-corrected chi connectivity index (χ2v) is 20.2. The molecule has 2 aliphatic carbocycles. The number of hydrogen-bond acceptors (Lipinski definition) is 2. The molecule has 0 heterocycles. The number of benzene rings is 4. The zero-order valence-corrected chi connectivity index (χ0v) is 34.0. The van der Waals surface area contributed by atoms with Crippen LogP contribution in [0, 0.1) is 13.8 Å². The molecule has 4 aromatic rings. The predicted octanol–water partition coefficient (Wildman–Crippen LogP) is 13.0. The Kier molecular flexibility index (Phi) is 9.28. The van der Waals surface area contributed by atoms with Gasteiger partial charge in [-0.25, -0.2) is 8.42 Å². The molecule has 0 radical (unpaired) electrons. The molecule has 0 aliphatic heterocycles. The Labute approximate surface area is 309 Å². The maximum absolute atomic E-state index is 14.1. The molecule has 0 aromatic heterocycles. The van der Waals surface area contributed by atoms with Crippen LogP contribution in [0.15, 0.2) is 82.6 Å². The normalized spacial score (nSPS) is 19.3. The van der Waals surface area contributed by atoms with Crippen LogP contribution in [0.3, 0.4) is 0 Å². The molecule has 0 atom stereocenters. The van der Waals surface area contributed by atoms with Crippen LogP contribution in [0.2, 0.25) is 0 Å². The van der Waals surface area contributed by atoms with E-state index in [1.54, 1.807) is 12.1 Å². The van der Waals surface area contributed by atoms with E-state index in [1.165, 1.54) is 70.2 Å². The molecule has 268 valence electrons. The maximum atomic E-state index is 14.1. The fraction of sp³-hybridized carbons (Fsp3) is 0.417. The van der Waals surface area contributed by atoms with E-state index in [0.29, 0.717) is 9.79 Å². The van der Waals surface area contributed by atoms with Gasteiger partial charge in [0.15, 0.2) is 0 Å². The van der Waals surface area contributed by atoms with Gasteiger partial charge in [0.25, 0.3) is 0 Å². The number of aryl methyl sites for hydroxylation is 2. The van der Waals surface area contributed by atoms with Gasteiger partial charge in [-0.15, -0.1) is 0 Å². The van der Waals surface area contributed by atoms with E-state index < -0.39 is 9.84 Å². The lowest BCUT2D eigenvalue weighted by Gasteiger charge is -2.42. The van der Waals surface area contributed by atoms with Crippen molar-refractivity contribution >= 4 is 33.1 Å². The van der Waals surface area contributed by atoms with Crippen LogP contribution in [0.25, 0.3) is 23.3 Å². The van der Waals surface area contributed by atoms with Crippen molar-refractivity contribution in [3.63, 3.8) is 0 Å². The van der Waals surface area contributed by atoms with E-state index in [-0.39, 0.29) is 21.7 Å². The minimum atomic E-state index is -3.71.